The number of hydrogen-bond donors (Lipinski definition) is 1. The summed E-state index contributed by atoms with van der Waals surface area (Å²) in [5, 5.41) is 3.41. The molecule has 106 valence electrons. The Labute approximate surface area is 114 Å². The minimum absolute atomic E-state index is 0.515. The van der Waals surface area contributed by atoms with E-state index in [4.69, 9.17) is 9.47 Å². The van der Waals surface area contributed by atoms with Gasteiger partial charge in [-0.2, -0.15) is 0 Å². The van der Waals surface area contributed by atoms with Crippen LogP contribution in [0.2, 0.25) is 0 Å². The number of rotatable bonds is 9. The van der Waals surface area contributed by atoms with Crippen LogP contribution in [0.1, 0.15) is 32.4 Å². The Kier molecular flexibility index (Phi) is 5.54. The molecule has 1 fully saturated rings. The predicted octanol–water partition coefficient (Wildman–Crippen LogP) is 1.78. The second-order valence-corrected chi connectivity index (χ2v) is 5.32. The van der Waals surface area contributed by atoms with Gasteiger partial charge < -0.3 is 14.8 Å². The average Bonchev–Trinajstić information content (AvgIpc) is 3.20. The molecule has 0 spiro atoms. The molecule has 2 rings (SSSR count). The quantitative estimate of drug-likeness (QED) is 0.690. The highest BCUT2D eigenvalue weighted by atomic mass is 16.5. The van der Waals surface area contributed by atoms with Crippen LogP contribution < -0.4 is 10.1 Å². The standard InChI is InChI=1S/C14H23N3O2/c1-11(2)10-18-5-6-19-14-9-15-7-13(17-14)8-16-12-3-4-12/h7,9,11-12,16H,3-6,8,10H2,1-2H3. The lowest BCUT2D eigenvalue weighted by atomic mass is 10.2. The minimum Gasteiger partial charge on any atom is -0.474 e. The van der Waals surface area contributed by atoms with Crippen molar-refractivity contribution in [1.82, 2.24) is 15.3 Å². The van der Waals surface area contributed by atoms with Gasteiger partial charge in [0.1, 0.15) is 6.61 Å². The van der Waals surface area contributed by atoms with Gasteiger partial charge in [-0.1, -0.05) is 13.8 Å². The van der Waals surface area contributed by atoms with Crippen LogP contribution in [-0.2, 0) is 11.3 Å². The Morgan fingerprint density at radius 1 is 1.32 bits per heavy atom. The van der Waals surface area contributed by atoms with E-state index >= 15 is 0 Å². The molecule has 1 heterocycles. The molecule has 0 amide bonds. The van der Waals surface area contributed by atoms with Gasteiger partial charge in [-0.15, -0.1) is 0 Å². The molecule has 0 unspecified atom stereocenters. The molecule has 1 N–H and O–H groups in total. The molecule has 1 aromatic rings. The van der Waals surface area contributed by atoms with Gasteiger partial charge in [0.25, 0.3) is 0 Å². The van der Waals surface area contributed by atoms with Crippen molar-refractivity contribution in [2.24, 2.45) is 5.92 Å². The second-order valence-electron chi connectivity index (χ2n) is 5.32. The molecule has 0 radical (unpaired) electrons. The van der Waals surface area contributed by atoms with Gasteiger partial charge >= 0.3 is 0 Å². The molecule has 1 aliphatic rings. The van der Waals surface area contributed by atoms with E-state index in [1.807, 2.05) is 0 Å². The Morgan fingerprint density at radius 3 is 2.89 bits per heavy atom. The van der Waals surface area contributed by atoms with Gasteiger partial charge in [0.2, 0.25) is 5.88 Å². The Morgan fingerprint density at radius 2 is 2.16 bits per heavy atom. The molecule has 5 heteroatoms. The van der Waals surface area contributed by atoms with Crippen molar-refractivity contribution in [2.45, 2.75) is 39.3 Å². The summed E-state index contributed by atoms with van der Waals surface area (Å²) in [6, 6.07) is 0.677. The first-order chi connectivity index (χ1) is 9.24. The van der Waals surface area contributed by atoms with Crippen molar-refractivity contribution in [2.75, 3.05) is 19.8 Å². The van der Waals surface area contributed by atoms with Gasteiger partial charge in [0.05, 0.1) is 18.5 Å². The van der Waals surface area contributed by atoms with Gasteiger partial charge in [-0.3, -0.25) is 4.98 Å². The van der Waals surface area contributed by atoms with Crippen LogP contribution in [0.25, 0.3) is 0 Å². The van der Waals surface area contributed by atoms with E-state index in [0.717, 1.165) is 18.8 Å². The highest BCUT2D eigenvalue weighted by molar-refractivity contribution is 5.08. The van der Waals surface area contributed by atoms with E-state index in [9.17, 15) is 0 Å². The van der Waals surface area contributed by atoms with Gasteiger partial charge in [0.15, 0.2) is 0 Å². The molecule has 19 heavy (non-hydrogen) atoms. The maximum absolute atomic E-state index is 5.52. The minimum atomic E-state index is 0.515. The van der Waals surface area contributed by atoms with Crippen LogP contribution in [0.5, 0.6) is 5.88 Å². The van der Waals surface area contributed by atoms with E-state index in [-0.39, 0.29) is 0 Å². The molecule has 0 aliphatic heterocycles. The van der Waals surface area contributed by atoms with Crippen molar-refractivity contribution in [3.8, 4) is 5.88 Å². The Bertz CT molecular complexity index is 381. The SMILES string of the molecule is CC(C)COCCOc1cncc(CNC2CC2)n1. The zero-order valence-electron chi connectivity index (χ0n) is 11.8. The van der Waals surface area contributed by atoms with Crippen molar-refractivity contribution in [3.63, 3.8) is 0 Å². The third kappa shape index (κ3) is 5.98. The summed E-state index contributed by atoms with van der Waals surface area (Å²) in [4.78, 5) is 8.54. The molecule has 1 aliphatic carbocycles. The zero-order valence-corrected chi connectivity index (χ0v) is 11.8. The van der Waals surface area contributed by atoms with Crippen LogP contribution >= 0.6 is 0 Å². The second kappa shape index (κ2) is 7.40. The fourth-order valence-corrected chi connectivity index (χ4v) is 1.60. The topological polar surface area (TPSA) is 56.3 Å². The van der Waals surface area contributed by atoms with E-state index in [1.54, 1.807) is 12.4 Å². The van der Waals surface area contributed by atoms with Crippen LogP contribution in [0.15, 0.2) is 12.4 Å². The van der Waals surface area contributed by atoms with E-state index in [1.165, 1.54) is 12.8 Å². The van der Waals surface area contributed by atoms with Crippen molar-refractivity contribution in [1.29, 1.82) is 0 Å². The third-order valence-corrected chi connectivity index (χ3v) is 2.74. The third-order valence-electron chi connectivity index (χ3n) is 2.74. The van der Waals surface area contributed by atoms with Crippen molar-refractivity contribution >= 4 is 0 Å². The number of hydrogen-bond acceptors (Lipinski definition) is 5. The zero-order chi connectivity index (χ0) is 13.5. The fraction of sp³-hybridized carbons (Fsp3) is 0.714. The number of nitrogens with zero attached hydrogens (tertiary/aromatic N) is 2. The molecular formula is C14H23N3O2. The number of aromatic nitrogens is 2. The molecular weight excluding hydrogens is 242 g/mol. The molecule has 0 bridgehead atoms. The van der Waals surface area contributed by atoms with Crippen molar-refractivity contribution in [3.05, 3.63) is 18.1 Å². The summed E-state index contributed by atoms with van der Waals surface area (Å²) < 4.78 is 11.0. The van der Waals surface area contributed by atoms with E-state index < -0.39 is 0 Å². The maximum atomic E-state index is 5.52. The summed E-state index contributed by atoms with van der Waals surface area (Å²) >= 11 is 0. The largest absolute Gasteiger partial charge is 0.474 e. The first-order valence-electron chi connectivity index (χ1n) is 6.99. The summed E-state index contributed by atoms with van der Waals surface area (Å²) in [5.41, 5.74) is 0.924. The highest BCUT2D eigenvalue weighted by Gasteiger charge is 2.20. The summed E-state index contributed by atoms with van der Waals surface area (Å²) in [7, 11) is 0. The monoisotopic (exact) mass is 265 g/mol. The predicted molar refractivity (Wildman–Crippen MR) is 73.0 cm³/mol. The summed E-state index contributed by atoms with van der Waals surface area (Å²) in [6.07, 6.45) is 5.97. The number of nitrogens with one attached hydrogen (secondary N) is 1. The molecule has 0 aromatic carbocycles. The van der Waals surface area contributed by atoms with Crippen LogP contribution in [0.3, 0.4) is 0 Å². The van der Waals surface area contributed by atoms with E-state index in [2.05, 4.69) is 29.1 Å². The first-order valence-corrected chi connectivity index (χ1v) is 6.99. The molecule has 5 nitrogen and oxygen atoms in total. The molecule has 0 atom stereocenters. The highest BCUT2D eigenvalue weighted by Crippen LogP contribution is 2.19. The van der Waals surface area contributed by atoms with Crippen LogP contribution in [0, 0.1) is 5.92 Å². The normalized spacial score (nSPS) is 14.9. The summed E-state index contributed by atoms with van der Waals surface area (Å²) in [5.74, 6) is 1.12. The van der Waals surface area contributed by atoms with Gasteiger partial charge in [0, 0.05) is 25.4 Å². The average molecular weight is 265 g/mol. The van der Waals surface area contributed by atoms with Crippen molar-refractivity contribution < 1.29 is 9.47 Å². The smallest absolute Gasteiger partial charge is 0.232 e. The van der Waals surface area contributed by atoms with Gasteiger partial charge in [-0.25, -0.2) is 4.98 Å². The lowest BCUT2D eigenvalue weighted by Gasteiger charge is -2.09. The van der Waals surface area contributed by atoms with Crippen LogP contribution in [-0.4, -0.2) is 35.8 Å². The Hall–Kier alpha value is -1.20. The lowest BCUT2D eigenvalue weighted by molar-refractivity contribution is 0.0804. The summed E-state index contributed by atoms with van der Waals surface area (Å²) in [6.45, 7) is 6.88. The fourth-order valence-electron chi connectivity index (χ4n) is 1.60. The van der Waals surface area contributed by atoms with E-state index in [0.29, 0.717) is 31.1 Å². The molecule has 0 saturated heterocycles. The maximum Gasteiger partial charge on any atom is 0.232 e. The molecule has 1 saturated carbocycles. The number of ether oxygens (including phenoxy) is 2. The molecule has 1 aromatic heterocycles. The first kappa shape index (κ1) is 14.2. The Balaban J connectivity index is 1.65. The lowest BCUT2D eigenvalue weighted by Crippen LogP contribution is -2.17. The van der Waals surface area contributed by atoms with Crippen LogP contribution in [0.4, 0.5) is 0 Å². The van der Waals surface area contributed by atoms with Gasteiger partial charge in [-0.05, 0) is 18.8 Å².